The van der Waals surface area contributed by atoms with Crippen molar-refractivity contribution in [3.05, 3.63) is 88.4 Å². The van der Waals surface area contributed by atoms with Crippen LogP contribution in [-0.2, 0) is 17.6 Å². The van der Waals surface area contributed by atoms with Crippen molar-refractivity contribution in [1.82, 2.24) is 15.6 Å². The SMILES string of the molecule is CNC(=O)CCCCNC(=O)c1cccc2c1CCN2c1cc(Cc2cc(F)c(F)c(F)c2)ccn1. The molecule has 1 aromatic heterocycles. The third-order valence-corrected chi connectivity index (χ3v) is 6.21. The van der Waals surface area contributed by atoms with Gasteiger partial charge in [0.2, 0.25) is 5.91 Å². The Kier molecular flexibility index (Phi) is 7.87. The van der Waals surface area contributed by atoms with Gasteiger partial charge in [0.15, 0.2) is 17.5 Å². The molecule has 36 heavy (non-hydrogen) atoms. The second-order valence-corrected chi connectivity index (χ2v) is 8.66. The standard InChI is InChI=1S/C27H27F3N4O2/c1-31-25(35)7-2-3-10-33-27(36)20-5-4-6-23-19(20)9-12-34(23)24-16-17(8-11-32-24)13-18-14-21(28)26(30)22(29)15-18/h4-6,8,11,14-16H,2-3,7,9-10,12-13H2,1H3,(H,31,35)(H,33,36). The predicted octanol–water partition coefficient (Wildman–Crippen LogP) is 4.43. The minimum absolute atomic E-state index is 0.0167. The summed E-state index contributed by atoms with van der Waals surface area (Å²) in [6.07, 6.45) is 4.33. The molecule has 1 aliphatic heterocycles. The number of halogens is 3. The van der Waals surface area contributed by atoms with Crippen LogP contribution in [0.2, 0.25) is 0 Å². The van der Waals surface area contributed by atoms with E-state index >= 15 is 0 Å². The van der Waals surface area contributed by atoms with Crippen LogP contribution in [0.25, 0.3) is 0 Å². The molecule has 0 bridgehead atoms. The number of benzene rings is 2. The molecule has 0 spiro atoms. The van der Waals surface area contributed by atoms with E-state index in [1.165, 1.54) is 0 Å². The summed E-state index contributed by atoms with van der Waals surface area (Å²) in [5.41, 5.74) is 3.50. The van der Waals surface area contributed by atoms with Crippen LogP contribution in [0.15, 0.2) is 48.7 Å². The van der Waals surface area contributed by atoms with Crippen molar-refractivity contribution in [3.8, 4) is 0 Å². The van der Waals surface area contributed by atoms with Crippen LogP contribution in [0.5, 0.6) is 0 Å². The highest BCUT2D eigenvalue weighted by atomic mass is 19.2. The zero-order valence-corrected chi connectivity index (χ0v) is 19.9. The Morgan fingerprint density at radius 1 is 1.03 bits per heavy atom. The lowest BCUT2D eigenvalue weighted by Gasteiger charge is -2.19. The number of carbonyl (C=O) groups is 2. The Balaban J connectivity index is 1.45. The Bertz CT molecular complexity index is 1260. The highest BCUT2D eigenvalue weighted by Crippen LogP contribution is 2.36. The first-order valence-corrected chi connectivity index (χ1v) is 11.8. The Hall–Kier alpha value is -3.88. The van der Waals surface area contributed by atoms with Gasteiger partial charge in [-0.05, 0) is 78.8 Å². The van der Waals surface area contributed by atoms with Crippen molar-refractivity contribution in [1.29, 1.82) is 0 Å². The number of nitrogens with zero attached hydrogens (tertiary/aromatic N) is 2. The Labute approximate surface area is 207 Å². The second kappa shape index (κ2) is 11.2. The van der Waals surface area contributed by atoms with Crippen LogP contribution >= 0.6 is 0 Å². The molecule has 2 amide bonds. The smallest absolute Gasteiger partial charge is 0.251 e. The summed E-state index contributed by atoms with van der Waals surface area (Å²) in [5, 5.41) is 5.51. The van der Waals surface area contributed by atoms with Crippen LogP contribution in [0.3, 0.4) is 0 Å². The summed E-state index contributed by atoms with van der Waals surface area (Å²) < 4.78 is 40.5. The lowest BCUT2D eigenvalue weighted by Crippen LogP contribution is -2.26. The minimum Gasteiger partial charge on any atom is -0.359 e. The van der Waals surface area contributed by atoms with Crippen molar-refractivity contribution in [2.24, 2.45) is 0 Å². The first kappa shape index (κ1) is 25.2. The van der Waals surface area contributed by atoms with Gasteiger partial charge in [0, 0.05) is 44.0 Å². The van der Waals surface area contributed by atoms with E-state index in [1.54, 1.807) is 25.4 Å². The maximum atomic E-state index is 13.6. The fourth-order valence-corrected chi connectivity index (χ4v) is 4.38. The molecule has 3 aromatic rings. The third-order valence-electron chi connectivity index (χ3n) is 6.21. The zero-order chi connectivity index (χ0) is 25.7. The van der Waals surface area contributed by atoms with Gasteiger partial charge in [-0.3, -0.25) is 9.59 Å². The predicted molar refractivity (Wildman–Crippen MR) is 131 cm³/mol. The number of hydrogen-bond donors (Lipinski definition) is 2. The molecule has 0 radical (unpaired) electrons. The second-order valence-electron chi connectivity index (χ2n) is 8.66. The van der Waals surface area contributed by atoms with E-state index in [4.69, 9.17) is 0 Å². The number of aromatic nitrogens is 1. The average molecular weight is 497 g/mol. The quantitative estimate of drug-likeness (QED) is 0.340. The topological polar surface area (TPSA) is 74.3 Å². The van der Waals surface area contributed by atoms with E-state index in [0.717, 1.165) is 28.9 Å². The largest absolute Gasteiger partial charge is 0.359 e. The number of anilines is 2. The highest BCUT2D eigenvalue weighted by molar-refractivity contribution is 5.98. The van der Waals surface area contributed by atoms with E-state index in [-0.39, 0.29) is 18.2 Å². The van der Waals surface area contributed by atoms with Crippen molar-refractivity contribution in [2.75, 3.05) is 25.0 Å². The summed E-state index contributed by atoms with van der Waals surface area (Å²) >= 11 is 0. The van der Waals surface area contributed by atoms with E-state index in [0.29, 0.717) is 55.7 Å². The molecule has 2 N–H and O–H groups in total. The van der Waals surface area contributed by atoms with Gasteiger partial charge in [0.25, 0.3) is 5.91 Å². The molecule has 188 valence electrons. The number of amides is 2. The number of rotatable bonds is 9. The molecule has 0 saturated carbocycles. The fraction of sp³-hybridized carbons (Fsp3) is 0.296. The first-order valence-electron chi connectivity index (χ1n) is 11.8. The van der Waals surface area contributed by atoms with Crippen molar-refractivity contribution >= 4 is 23.3 Å². The molecule has 1 aliphatic rings. The maximum Gasteiger partial charge on any atom is 0.251 e. The minimum atomic E-state index is -1.48. The molecular weight excluding hydrogens is 469 g/mol. The van der Waals surface area contributed by atoms with Gasteiger partial charge in [-0.1, -0.05) is 6.07 Å². The molecular formula is C27H27F3N4O2. The summed E-state index contributed by atoms with van der Waals surface area (Å²) in [7, 11) is 1.60. The molecule has 0 unspecified atom stereocenters. The van der Waals surface area contributed by atoms with Crippen LogP contribution in [0.4, 0.5) is 24.7 Å². The van der Waals surface area contributed by atoms with Gasteiger partial charge in [-0.15, -0.1) is 0 Å². The molecule has 4 rings (SSSR count). The van der Waals surface area contributed by atoms with Gasteiger partial charge in [0.05, 0.1) is 0 Å². The molecule has 0 atom stereocenters. The summed E-state index contributed by atoms with van der Waals surface area (Å²) in [5.74, 6) is -3.43. The van der Waals surface area contributed by atoms with Crippen LogP contribution in [0.1, 0.15) is 46.3 Å². The number of pyridine rings is 1. The van der Waals surface area contributed by atoms with Crippen LogP contribution < -0.4 is 15.5 Å². The fourth-order valence-electron chi connectivity index (χ4n) is 4.38. The Morgan fingerprint density at radius 2 is 1.81 bits per heavy atom. The van der Waals surface area contributed by atoms with Gasteiger partial charge < -0.3 is 15.5 Å². The van der Waals surface area contributed by atoms with Crippen molar-refractivity contribution < 1.29 is 22.8 Å². The molecule has 6 nitrogen and oxygen atoms in total. The number of carbonyl (C=O) groups excluding carboxylic acids is 2. The lowest BCUT2D eigenvalue weighted by atomic mass is 10.0. The normalized spacial score (nSPS) is 12.4. The summed E-state index contributed by atoms with van der Waals surface area (Å²) in [6.45, 7) is 1.11. The van der Waals surface area contributed by atoms with Crippen LogP contribution in [0, 0.1) is 17.5 Å². The van der Waals surface area contributed by atoms with Gasteiger partial charge in [-0.2, -0.15) is 0 Å². The van der Waals surface area contributed by atoms with E-state index in [1.807, 2.05) is 23.1 Å². The van der Waals surface area contributed by atoms with E-state index < -0.39 is 17.5 Å². The zero-order valence-electron chi connectivity index (χ0n) is 19.9. The average Bonchev–Trinajstić information content (AvgIpc) is 3.31. The number of hydrogen-bond acceptors (Lipinski definition) is 4. The molecule has 0 aliphatic carbocycles. The van der Waals surface area contributed by atoms with E-state index in [2.05, 4.69) is 15.6 Å². The number of unbranched alkanes of at least 4 members (excludes halogenated alkanes) is 1. The number of nitrogens with one attached hydrogen (secondary N) is 2. The summed E-state index contributed by atoms with van der Waals surface area (Å²) in [6, 6.07) is 11.1. The van der Waals surface area contributed by atoms with Gasteiger partial charge >= 0.3 is 0 Å². The van der Waals surface area contributed by atoms with Crippen molar-refractivity contribution in [3.63, 3.8) is 0 Å². The van der Waals surface area contributed by atoms with E-state index in [9.17, 15) is 22.8 Å². The van der Waals surface area contributed by atoms with Gasteiger partial charge in [0.1, 0.15) is 5.82 Å². The lowest BCUT2D eigenvalue weighted by molar-refractivity contribution is -0.120. The molecule has 9 heteroatoms. The summed E-state index contributed by atoms with van der Waals surface area (Å²) in [4.78, 5) is 30.6. The van der Waals surface area contributed by atoms with Crippen LogP contribution in [-0.4, -0.2) is 36.9 Å². The van der Waals surface area contributed by atoms with Gasteiger partial charge in [-0.25, -0.2) is 18.2 Å². The molecule has 0 saturated heterocycles. The molecule has 0 fully saturated rings. The molecule has 2 heterocycles. The van der Waals surface area contributed by atoms with Crippen molar-refractivity contribution in [2.45, 2.75) is 32.1 Å². The highest BCUT2D eigenvalue weighted by Gasteiger charge is 2.26. The maximum absolute atomic E-state index is 13.6. The monoisotopic (exact) mass is 496 g/mol. The molecule has 2 aromatic carbocycles. The Morgan fingerprint density at radius 3 is 2.56 bits per heavy atom. The number of fused-ring (bicyclic) bond motifs is 1. The third kappa shape index (κ3) is 5.67. The first-order chi connectivity index (χ1) is 17.4.